The van der Waals surface area contributed by atoms with Crippen LogP contribution in [-0.2, 0) is 10.9 Å². The van der Waals surface area contributed by atoms with Crippen LogP contribution in [0.1, 0.15) is 22.8 Å². The second-order valence-electron chi connectivity index (χ2n) is 6.59. The highest BCUT2D eigenvalue weighted by Gasteiger charge is 2.33. The van der Waals surface area contributed by atoms with E-state index in [0.29, 0.717) is 31.1 Å². The lowest BCUT2D eigenvalue weighted by atomic mass is 9.89. The van der Waals surface area contributed by atoms with Crippen molar-refractivity contribution in [1.29, 1.82) is 0 Å². The molecule has 0 aliphatic carbocycles. The third-order valence-corrected chi connectivity index (χ3v) is 4.11. The molecule has 0 unspecified atom stereocenters. The molecule has 1 fully saturated rings. The molecule has 2 N–H and O–H groups in total. The Balaban J connectivity index is 1.69. The maximum Gasteiger partial charge on any atom is 0.416 e. The van der Waals surface area contributed by atoms with Gasteiger partial charge in [-0.05, 0) is 36.4 Å². The molecular weight excluding hydrogens is 347 g/mol. The van der Waals surface area contributed by atoms with Crippen molar-refractivity contribution in [2.75, 3.05) is 30.4 Å². The predicted octanol–water partition coefficient (Wildman–Crippen LogP) is 3.80. The molecule has 0 spiro atoms. The second-order valence-corrected chi connectivity index (χ2v) is 6.59. The number of alkyl halides is 3. The molecule has 1 aliphatic rings. The Labute approximate surface area is 148 Å². The largest absolute Gasteiger partial charge is 0.416 e. The van der Waals surface area contributed by atoms with Crippen molar-refractivity contribution in [1.82, 2.24) is 4.98 Å². The Morgan fingerprint density at radius 3 is 2.50 bits per heavy atom. The van der Waals surface area contributed by atoms with Gasteiger partial charge in [-0.1, -0.05) is 6.92 Å². The van der Waals surface area contributed by atoms with Crippen LogP contribution in [0.5, 0.6) is 0 Å². The monoisotopic (exact) mass is 365 g/mol. The molecule has 1 saturated heterocycles. The second kappa shape index (κ2) is 6.95. The summed E-state index contributed by atoms with van der Waals surface area (Å²) in [4.78, 5) is 16.7. The highest BCUT2D eigenvalue weighted by molar-refractivity contribution is 6.07. The number of benzene rings is 1. The minimum atomic E-state index is -4.41. The van der Waals surface area contributed by atoms with Crippen molar-refractivity contribution in [3.05, 3.63) is 53.7 Å². The lowest BCUT2D eigenvalue weighted by Crippen LogP contribution is -2.45. The van der Waals surface area contributed by atoms with Gasteiger partial charge >= 0.3 is 6.18 Å². The minimum Gasteiger partial charge on any atom is -0.380 e. The quantitative estimate of drug-likeness (QED) is 0.846. The fourth-order valence-electron chi connectivity index (χ4n) is 2.52. The summed E-state index contributed by atoms with van der Waals surface area (Å²) in [6, 6.07) is 7.52. The molecule has 5 nitrogen and oxygen atoms in total. The van der Waals surface area contributed by atoms with E-state index in [2.05, 4.69) is 22.5 Å². The van der Waals surface area contributed by atoms with Crippen molar-refractivity contribution in [2.24, 2.45) is 5.41 Å². The topological polar surface area (TPSA) is 63.2 Å². The van der Waals surface area contributed by atoms with Gasteiger partial charge in [-0.25, -0.2) is 4.98 Å². The number of carbonyl (C=O) groups is 1. The molecule has 26 heavy (non-hydrogen) atoms. The van der Waals surface area contributed by atoms with Gasteiger partial charge in [0.15, 0.2) is 0 Å². The molecular formula is C18H18F3N3O2. The molecule has 1 aromatic carbocycles. The van der Waals surface area contributed by atoms with Gasteiger partial charge in [0.05, 0.1) is 24.3 Å². The smallest absolute Gasteiger partial charge is 0.380 e. The highest BCUT2D eigenvalue weighted by Crippen LogP contribution is 2.30. The van der Waals surface area contributed by atoms with Gasteiger partial charge in [0, 0.05) is 23.8 Å². The number of halogens is 3. The maximum absolute atomic E-state index is 12.6. The molecule has 0 saturated carbocycles. The number of hydrogen-bond acceptors (Lipinski definition) is 4. The molecule has 0 radical (unpaired) electrons. The van der Waals surface area contributed by atoms with Gasteiger partial charge in [0.1, 0.15) is 5.82 Å². The molecule has 3 rings (SSSR count). The number of anilines is 2. The van der Waals surface area contributed by atoms with Crippen LogP contribution >= 0.6 is 0 Å². The number of hydrogen-bond donors (Lipinski definition) is 2. The number of rotatable bonds is 5. The van der Waals surface area contributed by atoms with Crippen molar-refractivity contribution in [3.63, 3.8) is 0 Å². The van der Waals surface area contributed by atoms with E-state index in [-0.39, 0.29) is 11.1 Å². The first-order valence-corrected chi connectivity index (χ1v) is 8.02. The van der Waals surface area contributed by atoms with Crippen LogP contribution in [0.4, 0.5) is 24.7 Å². The van der Waals surface area contributed by atoms with Crippen molar-refractivity contribution < 1.29 is 22.7 Å². The third-order valence-electron chi connectivity index (χ3n) is 4.11. The standard InChI is InChI=1S/C18H18F3N3O2/c1-17(10-26-11-17)9-23-15-14(3-2-8-22-15)16(25)24-13-6-4-12(5-7-13)18(19,20)21/h2-8H,9-11H2,1H3,(H,22,23)(H,24,25). The van der Waals surface area contributed by atoms with E-state index in [0.717, 1.165) is 12.1 Å². The number of aromatic nitrogens is 1. The Hall–Kier alpha value is -2.61. The van der Waals surface area contributed by atoms with Crippen molar-refractivity contribution in [3.8, 4) is 0 Å². The van der Waals surface area contributed by atoms with Crippen LogP contribution in [0, 0.1) is 5.41 Å². The average Bonchev–Trinajstić information content (AvgIpc) is 2.58. The van der Waals surface area contributed by atoms with E-state index in [1.54, 1.807) is 18.3 Å². The first-order chi connectivity index (χ1) is 12.3. The Bertz CT molecular complexity index is 787. The summed E-state index contributed by atoms with van der Waals surface area (Å²) in [6.45, 7) is 3.94. The molecule has 8 heteroatoms. The van der Waals surface area contributed by atoms with E-state index in [4.69, 9.17) is 4.74 Å². The fraction of sp³-hybridized carbons (Fsp3) is 0.333. The summed E-state index contributed by atoms with van der Waals surface area (Å²) in [6.07, 6.45) is -2.85. The third kappa shape index (κ3) is 4.13. The average molecular weight is 365 g/mol. The Morgan fingerprint density at radius 1 is 1.23 bits per heavy atom. The van der Waals surface area contributed by atoms with E-state index in [1.807, 2.05) is 0 Å². The van der Waals surface area contributed by atoms with Gasteiger partial charge in [0.25, 0.3) is 5.91 Å². The zero-order valence-electron chi connectivity index (χ0n) is 14.1. The van der Waals surface area contributed by atoms with Crippen LogP contribution in [-0.4, -0.2) is 30.6 Å². The fourth-order valence-corrected chi connectivity index (χ4v) is 2.52. The number of pyridine rings is 1. The van der Waals surface area contributed by atoms with Crippen LogP contribution in [0.2, 0.25) is 0 Å². The zero-order chi connectivity index (χ0) is 18.8. The van der Waals surface area contributed by atoms with Crippen molar-refractivity contribution >= 4 is 17.4 Å². The van der Waals surface area contributed by atoms with Crippen LogP contribution in [0.3, 0.4) is 0 Å². The summed E-state index contributed by atoms with van der Waals surface area (Å²) in [5, 5.41) is 5.74. The Morgan fingerprint density at radius 2 is 1.92 bits per heavy atom. The maximum atomic E-state index is 12.6. The van der Waals surface area contributed by atoms with Crippen LogP contribution in [0.25, 0.3) is 0 Å². The number of nitrogens with one attached hydrogen (secondary N) is 2. The van der Waals surface area contributed by atoms with E-state index in [1.165, 1.54) is 12.1 Å². The molecule has 1 aromatic heterocycles. The van der Waals surface area contributed by atoms with E-state index in [9.17, 15) is 18.0 Å². The Kier molecular flexibility index (Phi) is 4.86. The molecule has 1 amide bonds. The summed E-state index contributed by atoms with van der Waals surface area (Å²) in [5.41, 5.74) is -0.179. The number of nitrogens with zero attached hydrogens (tertiary/aromatic N) is 1. The molecule has 138 valence electrons. The first-order valence-electron chi connectivity index (χ1n) is 8.02. The van der Waals surface area contributed by atoms with Crippen LogP contribution < -0.4 is 10.6 Å². The summed E-state index contributed by atoms with van der Waals surface area (Å²) >= 11 is 0. The summed E-state index contributed by atoms with van der Waals surface area (Å²) in [7, 11) is 0. The number of carbonyl (C=O) groups excluding carboxylic acids is 1. The zero-order valence-corrected chi connectivity index (χ0v) is 14.1. The van der Waals surface area contributed by atoms with E-state index >= 15 is 0 Å². The number of amides is 1. The van der Waals surface area contributed by atoms with E-state index < -0.39 is 17.6 Å². The van der Waals surface area contributed by atoms with Gasteiger partial charge in [-0.3, -0.25) is 4.79 Å². The lowest BCUT2D eigenvalue weighted by molar-refractivity contribution is -0.137. The minimum absolute atomic E-state index is 0.00130. The highest BCUT2D eigenvalue weighted by atomic mass is 19.4. The summed E-state index contributed by atoms with van der Waals surface area (Å²) in [5.74, 6) is -0.0274. The van der Waals surface area contributed by atoms with Gasteiger partial charge in [-0.2, -0.15) is 13.2 Å². The molecule has 1 aliphatic heterocycles. The first kappa shape index (κ1) is 18.2. The van der Waals surface area contributed by atoms with Gasteiger partial charge in [-0.15, -0.1) is 0 Å². The predicted molar refractivity (Wildman–Crippen MR) is 91.0 cm³/mol. The SMILES string of the molecule is CC1(CNc2ncccc2C(=O)Nc2ccc(C(F)(F)F)cc2)COC1. The summed E-state index contributed by atoms with van der Waals surface area (Å²) < 4.78 is 43.0. The molecule has 2 aromatic rings. The van der Waals surface area contributed by atoms with Crippen molar-refractivity contribution in [2.45, 2.75) is 13.1 Å². The van der Waals surface area contributed by atoms with Gasteiger partial charge in [0.2, 0.25) is 0 Å². The van der Waals surface area contributed by atoms with Gasteiger partial charge < -0.3 is 15.4 Å². The normalized spacial score (nSPS) is 15.8. The number of ether oxygens (including phenoxy) is 1. The lowest BCUT2D eigenvalue weighted by Gasteiger charge is -2.38. The molecule has 0 atom stereocenters. The molecule has 2 heterocycles. The van der Waals surface area contributed by atoms with Crippen LogP contribution in [0.15, 0.2) is 42.6 Å². The molecule has 0 bridgehead atoms.